The summed E-state index contributed by atoms with van der Waals surface area (Å²) in [6.07, 6.45) is 5.18. The van der Waals surface area contributed by atoms with Crippen LogP contribution in [0.2, 0.25) is 0 Å². The van der Waals surface area contributed by atoms with Gasteiger partial charge >= 0.3 is 0 Å². The summed E-state index contributed by atoms with van der Waals surface area (Å²) in [6, 6.07) is 12.1. The summed E-state index contributed by atoms with van der Waals surface area (Å²) in [5.41, 5.74) is 2.24. The highest BCUT2D eigenvalue weighted by atomic mass is 16.5. The Morgan fingerprint density at radius 2 is 1.82 bits per heavy atom. The van der Waals surface area contributed by atoms with E-state index in [1.165, 1.54) is 14.2 Å². The van der Waals surface area contributed by atoms with Crippen LogP contribution in [0.15, 0.2) is 61.2 Å². The molecule has 2 N–H and O–H groups in total. The Labute approximate surface area is 162 Å². The van der Waals surface area contributed by atoms with Gasteiger partial charge in [0.2, 0.25) is 5.91 Å². The zero-order valence-corrected chi connectivity index (χ0v) is 15.5. The Morgan fingerprint density at radius 3 is 2.46 bits per heavy atom. The van der Waals surface area contributed by atoms with E-state index < -0.39 is 0 Å². The molecular weight excluding hydrogens is 360 g/mol. The molecule has 0 atom stereocenters. The number of anilines is 2. The Morgan fingerprint density at radius 1 is 1.04 bits per heavy atom. The lowest BCUT2D eigenvalue weighted by Crippen LogP contribution is -2.19. The van der Waals surface area contributed by atoms with Crippen molar-refractivity contribution in [3.63, 3.8) is 0 Å². The highest BCUT2D eigenvalue weighted by molar-refractivity contribution is 6.07. The quantitative estimate of drug-likeness (QED) is 0.657. The lowest BCUT2D eigenvalue weighted by atomic mass is 10.1. The molecule has 0 radical (unpaired) electrons. The van der Waals surface area contributed by atoms with Gasteiger partial charge in [-0.15, -0.1) is 0 Å². The number of rotatable bonds is 7. The third-order valence-corrected chi connectivity index (χ3v) is 3.96. The minimum atomic E-state index is -0.326. The van der Waals surface area contributed by atoms with Crippen LogP contribution < -0.4 is 15.4 Å². The third-order valence-electron chi connectivity index (χ3n) is 3.96. The average molecular weight is 380 g/mol. The van der Waals surface area contributed by atoms with Crippen LogP contribution in [0.25, 0.3) is 5.69 Å². The number of hydrogen-bond donors (Lipinski definition) is 2. The second kappa shape index (κ2) is 8.83. The van der Waals surface area contributed by atoms with Gasteiger partial charge in [-0.2, -0.15) is 0 Å². The molecule has 0 spiro atoms. The highest BCUT2D eigenvalue weighted by Gasteiger charge is 2.13. The fraction of sp³-hybridized carbons (Fsp3) is 0.150. The van der Waals surface area contributed by atoms with E-state index in [1.807, 2.05) is 22.9 Å². The van der Waals surface area contributed by atoms with Crippen LogP contribution in [0.4, 0.5) is 11.4 Å². The first-order valence-electron chi connectivity index (χ1n) is 8.47. The topological polar surface area (TPSA) is 94.5 Å². The molecule has 0 saturated heterocycles. The van der Waals surface area contributed by atoms with E-state index >= 15 is 0 Å². The van der Waals surface area contributed by atoms with Crippen molar-refractivity contribution in [1.29, 1.82) is 0 Å². The summed E-state index contributed by atoms with van der Waals surface area (Å²) in [5, 5.41) is 5.51. The number of methoxy groups -OCH3 is 2. The van der Waals surface area contributed by atoms with E-state index in [-0.39, 0.29) is 18.4 Å². The van der Waals surface area contributed by atoms with Crippen LogP contribution in [0.5, 0.6) is 5.75 Å². The molecule has 8 nitrogen and oxygen atoms in total. The van der Waals surface area contributed by atoms with E-state index in [2.05, 4.69) is 15.6 Å². The second-order valence-electron chi connectivity index (χ2n) is 5.86. The van der Waals surface area contributed by atoms with Crippen LogP contribution in [-0.4, -0.2) is 42.2 Å². The molecule has 0 fully saturated rings. The zero-order valence-electron chi connectivity index (χ0n) is 15.5. The Hall–Kier alpha value is -3.65. The fourth-order valence-electron chi connectivity index (χ4n) is 2.57. The second-order valence-corrected chi connectivity index (χ2v) is 5.86. The molecule has 0 bridgehead atoms. The molecule has 2 amide bonds. The number of ether oxygens (including phenoxy) is 2. The van der Waals surface area contributed by atoms with Gasteiger partial charge in [0.15, 0.2) is 0 Å². The van der Waals surface area contributed by atoms with Crippen molar-refractivity contribution in [3.8, 4) is 11.4 Å². The number of carbonyl (C=O) groups is 2. The summed E-state index contributed by atoms with van der Waals surface area (Å²) in [7, 11) is 2.96. The molecule has 0 aliphatic rings. The molecule has 0 aliphatic heterocycles. The molecule has 0 unspecified atom stereocenters. The number of amides is 2. The van der Waals surface area contributed by atoms with E-state index in [4.69, 9.17) is 9.47 Å². The van der Waals surface area contributed by atoms with Crippen molar-refractivity contribution in [2.45, 2.75) is 0 Å². The maximum Gasteiger partial charge on any atom is 0.255 e. The average Bonchev–Trinajstić information content (AvgIpc) is 3.24. The van der Waals surface area contributed by atoms with Gasteiger partial charge in [-0.05, 0) is 36.4 Å². The van der Waals surface area contributed by atoms with Gasteiger partial charge in [-0.25, -0.2) is 4.98 Å². The molecule has 144 valence electrons. The number of imidazole rings is 1. The largest absolute Gasteiger partial charge is 0.497 e. The van der Waals surface area contributed by atoms with Gasteiger partial charge in [0, 0.05) is 36.8 Å². The number of aromatic nitrogens is 2. The molecule has 28 heavy (non-hydrogen) atoms. The van der Waals surface area contributed by atoms with E-state index in [9.17, 15) is 9.59 Å². The van der Waals surface area contributed by atoms with E-state index in [0.717, 1.165) is 5.69 Å². The van der Waals surface area contributed by atoms with Gasteiger partial charge in [0.25, 0.3) is 5.91 Å². The summed E-state index contributed by atoms with van der Waals surface area (Å²) in [5.74, 6) is -0.0870. The summed E-state index contributed by atoms with van der Waals surface area (Å²) < 4.78 is 11.9. The van der Waals surface area contributed by atoms with Crippen molar-refractivity contribution in [1.82, 2.24) is 9.55 Å². The number of nitrogens with zero attached hydrogens (tertiary/aromatic N) is 2. The van der Waals surface area contributed by atoms with Crippen LogP contribution in [-0.2, 0) is 9.53 Å². The zero-order chi connectivity index (χ0) is 19.9. The normalized spacial score (nSPS) is 10.4. The van der Waals surface area contributed by atoms with Crippen LogP contribution >= 0.6 is 0 Å². The molecule has 2 aromatic carbocycles. The standard InChI is InChI=1S/C20H20N4O4/c1-27-12-19(25)22-17-8-7-16(28-2)11-18(17)23-20(26)14-3-5-15(6-4-14)24-10-9-21-13-24/h3-11,13H,12H2,1-2H3,(H,22,25)(H,23,26). The number of nitrogens with one attached hydrogen (secondary N) is 2. The van der Waals surface area contributed by atoms with Crippen molar-refractivity contribution in [2.75, 3.05) is 31.5 Å². The van der Waals surface area contributed by atoms with Crippen LogP contribution in [0, 0.1) is 0 Å². The SMILES string of the molecule is COCC(=O)Nc1ccc(OC)cc1NC(=O)c1ccc(-n2ccnc2)cc1. The Kier molecular flexibility index (Phi) is 6.03. The maximum atomic E-state index is 12.7. The molecule has 0 saturated carbocycles. The van der Waals surface area contributed by atoms with Gasteiger partial charge in [-0.3, -0.25) is 9.59 Å². The van der Waals surface area contributed by atoms with Gasteiger partial charge < -0.3 is 24.7 Å². The first-order chi connectivity index (χ1) is 13.6. The van der Waals surface area contributed by atoms with E-state index in [1.54, 1.807) is 42.9 Å². The Balaban J connectivity index is 1.79. The lowest BCUT2D eigenvalue weighted by molar-refractivity contribution is -0.119. The number of hydrogen-bond acceptors (Lipinski definition) is 5. The molecule has 8 heteroatoms. The predicted molar refractivity (Wildman–Crippen MR) is 105 cm³/mol. The molecule has 1 aromatic heterocycles. The van der Waals surface area contributed by atoms with Crippen LogP contribution in [0.3, 0.4) is 0 Å². The first-order valence-corrected chi connectivity index (χ1v) is 8.47. The van der Waals surface area contributed by atoms with E-state index in [0.29, 0.717) is 22.7 Å². The molecule has 0 aliphatic carbocycles. The highest BCUT2D eigenvalue weighted by Crippen LogP contribution is 2.27. The summed E-state index contributed by atoms with van der Waals surface area (Å²) in [4.78, 5) is 28.5. The molecule has 1 heterocycles. The van der Waals surface area contributed by atoms with Gasteiger partial charge in [0.1, 0.15) is 12.4 Å². The van der Waals surface area contributed by atoms with Gasteiger partial charge in [0.05, 0.1) is 24.8 Å². The van der Waals surface area contributed by atoms with Crippen molar-refractivity contribution in [2.24, 2.45) is 0 Å². The third kappa shape index (κ3) is 4.54. The minimum absolute atomic E-state index is 0.0882. The molecular formula is C20H20N4O4. The molecule has 3 rings (SSSR count). The number of benzene rings is 2. The maximum absolute atomic E-state index is 12.7. The molecule has 3 aromatic rings. The first kappa shape index (κ1) is 19.1. The predicted octanol–water partition coefficient (Wildman–Crippen LogP) is 2.72. The summed E-state index contributed by atoms with van der Waals surface area (Å²) >= 11 is 0. The fourth-order valence-corrected chi connectivity index (χ4v) is 2.57. The van der Waals surface area contributed by atoms with Crippen LogP contribution in [0.1, 0.15) is 10.4 Å². The summed E-state index contributed by atoms with van der Waals surface area (Å²) in [6.45, 7) is -0.0882. The lowest BCUT2D eigenvalue weighted by Gasteiger charge is -2.14. The minimum Gasteiger partial charge on any atom is -0.497 e. The smallest absolute Gasteiger partial charge is 0.255 e. The van der Waals surface area contributed by atoms with Crippen molar-refractivity contribution in [3.05, 3.63) is 66.7 Å². The van der Waals surface area contributed by atoms with Crippen molar-refractivity contribution < 1.29 is 19.1 Å². The number of carbonyl (C=O) groups excluding carboxylic acids is 2. The van der Waals surface area contributed by atoms with Crippen molar-refractivity contribution >= 4 is 23.2 Å². The Bertz CT molecular complexity index is 953. The van der Waals surface area contributed by atoms with Gasteiger partial charge in [-0.1, -0.05) is 0 Å². The monoisotopic (exact) mass is 380 g/mol.